The number of hydrogen-bond acceptors (Lipinski definition) is 4. The van der Waals surface area contributed by atoms with E-state index in [1.807, 2.05) is 0 Å². The van der Waals surface area contributed by atoms with Crippen LogP contribution in [0.2, 0.25) is 0 Å². The molecule has 582 valence electrons. The Balaban J connectivity index is 0.869. The van der Waals surface area contributed by atoms with E-state index >= 15 is 0 Å². The smallest absolute Gasteiger partial charge is 0.260 e. The fraction of sp³-hybridized carbons (Fsp3) is 0.0339. The molecule has 6 heteroatoms. The molecular weight excluding hydrogens is 1500 g/mol. The van der Waals surface area contributed by atoms with Crippen molar-refractivity contribution < 1.29 is 9.47 Å². The van der Waals surface area contributed by atoms with E-state index < -0.39 is 18.8 Å². The fourth-order valence-electron chi connectivity index (χ4n) is 19.8. The molecule has 0 aliphatic carbocycles. The lowest BCUT2D eigenvalue weighted by atomic mass is 9.30. The highest BCUT2D eigenvalue weighted by Crippen LogP contribution is 2.57. The van der Waals surface area contributed by atoms with Crippen molar-refractivity contribution >= 4 is 80.3 Å². The van der Waals surface area contributed by atoms with Crippen LogP contribution in [0.15, 0.2) is 443 Å². The summed E-state index contributed by atoms with van der Waals surface area (Å²) >= 11 is 0. The predicted molar refractivity (Wildman–Crippen MR) is 522 cm³/mol. The summed E-state index contributed by atoms with van der Waals surface area (Å²) in [5.74, 6) is 3.09. The van der Waals surface area contributed by atoms with Crippen LogP contribution in [0.4, 0.5) is 34.1 Å². The molecule has 124 heavy (non-hydrogen) atoms. The van der Waals surface area contributed by atoms with E-state index in [-0.39, 0.29) is 0 Å². The molecule has 23 rings (SSSR count). The van der Waals surface area contributed by atoms with E-state index in [9.17, 15) is 0 Å². The average molecular weight is 1580 g/mol. The zero-order valence-corrected chi connectivity index (χ0v) is 69.0. The molecule has 19 aromatic carbocycles. The lowest BCUT2D eigenvalue weighted by molar-refractivity contribution is 0.468. The van der Waals surface area contributed by atoms with E-state index in [2.05, 4.69) is 473 Å². The van der Waals surface area contributed by atoms with Gasteiger partial charge in [-0.25, -0.2) is 0 Å². The molecule has 0 saturated carbocycles. The van der Waals surface area contributed by atoms with Crippen LogP contribution in [0.5, 0.6) is 23.0 Å². The molecule has 0 saturated heterocycles. The maximum absolute atomic E-state index is 8.34. The summed E-state index contributed by atoms with van der Waals surface area (Å²) in [5.41, 5.74) is 39.9. The number of anilines is 6. The molecule has 0 spiro atoms. The van der Waals surface area contributed by atoms with E-state index in [0.717, 1.165) is 223 Å². The van der Waals surface area contributed by atoms with Crippen molar-refractivity contribution in [3.63, 3.8) is 0 Å². The van der Waals surface area contributed by atoms with E-state index in [4.69, 9.17) is 9.47 Å². The van der Waals surface area contributed by atoms with Crippen LogP contribution in [0.3, 0.4) is 0 Å². The van der Waals surface area contributed by atoms with Gasteiger partial charge in [-0.1, -0.05) is 403 Å². The molecule has 4 aliphatic heterocycles. The van der Waals surface area contributed by atoms with Gasteiger partial charge in [0.15, 0.2) is 0 Å². The number of hydrogen-bond donors (Lipinski definition) is 0. The summed E-state index contributed by atoms with van der Waals surface area (Å²) in [6.07, 6.45) is 0. The van der Waals surface area contributed by atoms with Gasteiger partial charge in [0.1, 0.15) is 23.0 Å². The lowest BCUT2D eigenvalue weighted by Gasteiger charge is -2.48. The van der Waals surface area contributed by atoms with Gasteiger partial charge in [0, 0.05) is 62.1 Å². The Hall–Kier alpha value is -15.5. The first-order valence-corrected chi connectivity index (χ1v) is 43.1. The van der Waals surface area contributed by atoms with Crippen LogP contribution in [0, 0.1) is 0 Å². The summed E-state index contributed by atoms with van der Waals surface area (Å²) in [4.78, 5) is 5.35. The van der Waals surface area contributed by atoms with Gasteiger partial charge in [-0.3, -0.25) is 0 Å². The van der Waals surface area contributed by atoms with E-state index in [0.29, 0.717) is 0 Å². The largest absolute Gasteiger partial charge is 0.459 e. The second-order valence-corrected chi connectivity index (χ2v) is 34.1. The average Bonchev–Trinajstić information content (AvgIpc) is 0.673. The Morgan fingerprint density at radius 1 is 0.194 bits per heavy atom. The zero-order chi connectivity index (χ0) is 82.5. The third-order valence-corrected chi connectivity index (χ3v) is 25.7. The lowest BCUT2D eigenvalue weighted by Crippen LogP contribution is -2.65. The quantitative estimate of drug-likeness (QED) is 0.101. The number of ether oxygens (including phenoxy) is 2. The van der Waals surface area contributed by atoms with Crippen LogP contribution in [-0.4, -0.2) is 13.4 Å². The monoisotopic (exact) mass is 1580 g/mol. The van der Waals surface area contributed by atoms with Crippen molar-refractivity contribution in [2.75, 3.05) is 9.80 Å². The van der Waals surface area contributed by atoms with Gasteiger partial charge in [-0.05, 0) is 199 Å². The van der Waals surface area contributed by atoms with Crippen LogP contribution >= 0.6 is 0 Å². The molecule has 0 atom stereocenters. The molecule has 4 nitrogen and oxygen atoms in total. The highest BCUT2D eigenvalue weighted by Gasteiger charge is 2.52. The summed E-state index contributed by atoms with van der Waals surface area (Å²) in [5, 5.41) is 0. The van der Waals surface area contributed by atoms with Crippen molar-refractivity contribution in [3.8, 4) is 157 Å². The molecule has 19 aromatic rings. The third-order valence-electron chi connectivity index (χ3n) is 25.7. The van der Waals surface area contributed by atoms with Crippen molar-refractivity contribution in [2.24, 2.45) is 0 Å². The Kier molecular flexibility index (Phi) is 18.0. The maximum atomic E-state index is 8.34. The van der Waals surface area contributed by atoms with Crippen molar-refractivity contribution in [1.29, 1.82) is 0 Å². The Labute approximate surface area is 725 Å². The number of fused-ring (bicyclic) bond motifs is 9. The molecule has 0 aromatic heterocycles. The molecule has 0 bridgehead atoms. The van der Waals surface area contributed by atoms with Gasteiger partial charge < -0.3 is 19.3 Å². The standard InChI is InChI=1S/C118H82B2N2O2/c1-118(2,3)96-74-106-111-107(75-96)122(114-97(83-46-24-10-25-47-83)58-32-59-98(114)84-48-26-11-27-49-84)108-76-110-113-117(123-109-65-63-90(81-42-20-8-21-43-81)71-103(109)119(113)104-72-95(89-54-28-50-85(66-89)77-34-12-4-13-35-77)70-101(116(104)124-110)94-57-31-53-88(69-94)80-40-18-7-19-41-80)112(108)120(111)102-64-62-91(82-44-22-9-23-45-82)73-105(102)121(106)115-99(92-55-29-51-86(67-92)78-36-14-5-15-37-78)60-33-61-100(115)93-56-30-52-87(68-93)79-38-16-6-17-39-79/h4-76H,1-3H3. The molecule has 4 heterocycles. The topological polar surface area (TPSA) is 24.9 Å². The predicted octanol–water partition coefficient (Wildman–Crippen LogP) is 27.8. The summed E-state index contributed by atoms with van der Waals surface area (Å²) in [6.45, 7) is 6.24. The van der Waals surface area contributed by atoms with Crippen molar-refractivity contribution in [2.45, 2.75) is 26.2 Å². The van der Waals surface area contributed by atoms with Crippen molar-refractivity contribution in [1.82, 2.24) is 0 Å². The number of nitrogens with zero attached hydrogens (tertiary/aromatic N) is 2. The first-order valence-electron chi connectivity index (χ1n) is 43.1. The number of benzene rings is 19. The van der Waals surface area contributed by atoms with Gasteiger partial charge in [0.2, 0.25) is 0 Å². The molecule has 0 fully saturated rings. The second-order valence-electron chi connectivity index (χ2n) is 34.1. The summed E-state index contributed by atoms with van der Waals surface area (Å²) in [7, 11) is 0. The van der Waals surface area contributed by atoms with E-state index in [1.165, 1.54) is 5.56 Å². The van der Waals surface area contributed by atoms with Crippen LogP contribution < -0.4 is 52.1 Å². The first kappa shape index (κ1) is 73.6. The van der Waals surface area contributed by atoms with Crippen molar-refractivity contribution in [3.05, 3.63) is 448 Å². The molecule has 0 N–H and O–H groups in total. The SMILES string of the molecule is CC(C)(C)c1cc2c3c(c1)N(c1c(-c4ccccc4)cccc1-c1ccccc1)c1cc4c5c(c1B3c1ccc(-c3ccccc3)cc1N2c1c(-c2cccc(-c3ccccc3)c2)cccc1-c1cccc(-c2ccccc2)c1)Oc1ccc(-c2ccccc2)cc1B5c1cc(-c2cccc(-c3ccccc3)c2)cc(-c2cccc(-c3ccccc3)c2)c1O4. The van der Waals surface area contributed by atoms with Crippen LogP contribution in [0.1, 0.15) is 26.3 Å². The maximum Gasteiger partial charge on any atom is 0.260 e. The highest BCUT2D eigenvalue weighted by atomic mass is 16.5. The molecular formula is C118H82B2N2O2. The molecule has 0 radical (unpaired) electrons. The minimum atomic E-state index is -0.473. The van der Waals surface area contributed by atoms with Gasteiger partial charge in [-0.15, -0.1) is 0 Å². The third kappa shape index (κ3) is 12.8. The summed E-state index contributed by atoms with van der Waals surface area (Å²) in [6, 6.07) is 164. The summed E-state index contributed by atoms with van der Waals surface area (Å²) < 4.78 is 16.6. The Morgan fingerprint density at radius 3 is 0.952 bits per heavy atom. The zero-order valence-electron chi connectivity index (χ0n) is 69.0. The number of rotatable bonds is 14. The van der Waals surface area contributed by atoms with E-state index in [1.54, 1.807) is 0 Å². The Bertz CT molecular complexity index is 7220. The fourth-order valence-corrected chi connectivity index (χ4v) is 19.8. The molecule has 4 aliphatic rings. The van der Waals surface area contributed by atoms with Gasteiger partial charge in [0.25, 0.3) is 13.4 Å². The van der Waals surface area contributed by atoms with Gasteiger partial charge >= 0.3 is 0 Å². The first-order chi connectivity index (χ1) is 61.1. The minimum Gasteiger partial charge on any atom is -0.459 e. The molecule has 0 unspecified atom stereocenters. The van der Waals surface area contributed by atoms with Gasteiger partial charge in [0.05, 0.1) is 11.4 Å². The van der Waals surface area contributed by atoms with Crippen LogP contribution in [0.25, 0.3) is 134 Å². The van der Waals surface area contributed by atoms with Gasteiger partial charge in [-0.2, -0.15) is 0 Å². The second kappa shape index (κ2) is 30.3. The minimum absolute atomic E-state index is 0.411. The molecule has 0 amide bonds. The Morgan fingerprint density at radius 2 is 0.516 bits per heavy atom. The van der Waals surface area contributed by atoms with Crippen LogP contribution in [-0.2, 0) is 5.41 Å². The normalized spacial score (nSPS) is 12.5. The number of para-hydroxylation sites is 2. The highest BCUT2D eigenvalue weighted by molar-refractivity contribution is 7.03.